The Labute approximate surface area is 198 Å². The third-order valence-electron chi connectivity index (χ3n) is 5.54. The number of alkyl halides is 1. The van der Waals surface area contributed by atoms with Crippen LogP contribution in [-0.4, -0.2) is 41.4 Å². The Kier molecular flexibility index (Phi) is 5.95. The van der Waals surface area contributed by atoms with Gasteiger partial charge in [0.2, 0.25) is 15.3 Å². The van der Waals surface area contributed by atoms with E-state index in [0.717, 1.165) is 17.5 Å². The van der Waals surface area contributed by atoms with Crippen LogP contribution in [0.4, 0.5) is 8.78 Å². The second kappa shape index (κ2) is 9.08. The summed E-state index contributed by atoms with van der Waals surface area (Å²) in [5, 5.41) is 3.38. The van der Waals surface area contributed by atoms with Crippen LogP contribution in [0.2, 0.25) is 0 Å². The summed E-state index contributed by atoms with van der Waals surface area (Å²) in [6, 6.07) is 12.8. The Morgan fingerprint density at radius 1 is 1.11 bits per heavy atom. The highest BCUT2D eigenvalue weighted by Gasteiger charge is 2.35. The zero-order valence-electron chi connectivity index (χ0n) is 18.1. The van der Waals surface area contributed by atoms with E-state index in [1.165, 1.54) is 0 Å². The average Bonchev–Trinajstić information content (AvgIpc) is 2.98. The molecule has 1 aliphatic rings. The number of hydrogen-bond donors (Lipinski definition) is 1. The predicted molar refractivity (Wildman–Crippen MR) is 122 cm³/mol. The molecule has 0 aliphatic carbocycles. The van der Waals surface area contributed by atoms with Crippen LogP contribution >= 0.6 is 0 Å². The van der Waals surface area contributed by atoms with Gasteiger partial charge in [-0.1, -0.05) is 6.07 Å². The summed E-state index contributed by atoms with van der Waals surface area (Å²) in [5.41, 5.74) is -0.381. The summed E-state index contributed by atoms with van der Waals surface area (Å²) < 4.78 is 58.4. The standard InChI is InChI=1S/C24H18F2N4O4S/c25-18-7-15(8-22-17(18)12-34-13-23(26)35(22,32)33)24(31)29-11-16-9-21-14(10-28-16)4-5-20(30-21)19-3-1-2-6-27-19/h1-10,23H,11-13H2,(H,29,31)/t23-/m1/s1. The van der Waals surface area contributed by atoms with Crippen LogP contribution in [-0.2, 0) is 27.7 Å². The van der Waals surface area contributed by atoms with Gasteiger partial charge in [0, 0.05) is 28.9 Å². The van der Waals surface area contributed by atoms with Crippen LogP contribution in [0.15, 0.2) is 65.8 Å². The van der Waals surface area contributed by atoms with Crippen molar-refractivity contribution in [2.24, 2.45) is 0 Å². The van der Waals surface area contributed by atoms with Gasteiger partial charge in [0.05, 0.1) is 47.3 Å². The average molecular weight is 496 g/mol. The van der Waals surface area contributed by atoms with Crippen molar-refractivity contribution in [2.75, 3.05) is 6.61 Å². The molecule has 3 aromatic heterocycles. The molecular weight excluding hydrogens is 478 g/mol. The largest absolute Gasteiger partial charge is 0.372 e. The zero-order valence-corrected chi connectivity index (χ0v) is 18.9. The Bertz CT molecular complexity index is 1550. The summed E-state index contributed by atoms with van der Waals surface area (Å²) in [6.07, 6.45) is 3.29. The second-order valence-electron chi connectivity index (χ2n) is 7.87. The number of aromatic nitrogens is 3. The van der Waals surface area contributed by atoms with Gasteiger partial charge >= 0.3 is 0 Å². The monoisotopic (exact) mass is 496 g/mol. The lowest BCUT2D eigenvalue weighted by Crippen LogP contribution is -2.25. The van der Waals surface area contributed by atoms with Crippen LogP contribution in [0.5, 0.6) is 0 Å². The van der Waals surface area contributed by atoms with Crippen molar-refractivity contribution in [2.45, 2.75) is 23.6 Å². The third-order valence-corrected chi connectivity index (χ3v) is 7.33. The predicted octanol–water partition coefficient (Wildman–Crippen LogP) is 3.36. The first-order valence-corrected chi connectivity index (χ1v) is 12.1. The zero-order chi connectivity index (χ0) is 24.6. The maximum Gasteiger partial charge on any atom is 0.251 e. The highest BCUT2D eigenvalue weighted by atomic mass is 32.2. The van der Waals surface area contributed by atoms with Crippen LogP contribution in [0.1, 0.15) is 21.6 Å². The van der Waals surface area contributed by atoms with Crippen LogP contribution in [0.3, 0.4) is 0 Å². The first kappa shape index (κ1) is 22.9. The van der Waals surface area contributed by atoms with E-state index >= 15 is 0 Å². The van der Waals surface area contributed by atoms with Gasteiger partial charge in [0.1, 0.15) is 5.82 Å². The van der Waals surface area contributed by atoms with Gasteiger partial charge in [-0.3, -0.25) is 14.8 Å². The van der Waals surface area contributed by atoms with Gasteiger partial charge in [-0.2, -0.15) is 0 Å². The van der Waals surface area contributed by atoms with Crippen LogP contribution in [0, 0.1) is 5.82 Å². The quantitative estimate of drug-likeness (QED) is 0.461. The highest BCUT2D eigenvalue weighted by Crippen LogP contribution is 2.29. The highest BCUT2D eigenvalue weighted by molar-refractivity contribution is 7.92. The van der Waals surface area contributed by atoms with E-state index in [1.807, 2.05) is 30.3 Å². The molecule has 8 nitrogen and oxygen atoms in total. The molecule has 5 rings (SSSR count). The fourth-order valence-corrected chi connectivity index (χ4v) is 5.04. The fourth-order valence-electron chi connectivity index (χ4n) is 3.70. The lowest BCUT2D eigenvalue weighted by molar-refractivity contribution is 0.0938. The van der Waals surface area contributed by atoms with Crippen molar-refractivity contribution in [3.63, 3.8) is 0 Å². The van der Waals surface area contributed by atoms with Crippen molar-refractivity contribution >= 4 is 26.6 Å². The maximum absolute atomic E-state index is 14.6. The SMILES string of the molecule is O=C(NCc1cc2nc(-c3ccccn3)ccc2cn1)c1cc(F)c2c(c1)S(=O)(=O)[C@@H](F)COC2. The third kappa shape index (κ3) is 4.47. The van der Waals surface area contributed by atoms with Crippen LogP contribution in [0.25, 0.3) is 22.3 Å². The molecule has 1 N–H and O–H groups in total. The number of rotatable bonds is 4. The minimum Gasteiger partial charge on any atom is -0.372 e. The molecule has 0 spiro atoms. The molecule has 0 radical (unpaired) electrons. The number of amides is 1. The van der Waals surface area contributed by atoms with E-state index in [-0.39, 0.29) is 17.7 Å². The molecular formula is C24H18F2N4O4S. The number of pyridine rings is 3. The van der Waals surface area contributed by atoms with Crippen molar-refractivity contribution in [3.05, 3.63) is 83.6 Å². The molecule has 1 aromatic carbocycles. The van der Waals surface area contributed by atoms with E-state index in [0.29, 0.717) is 22.6 Å². The first-order chi connectivity index (χ1) is 16.8. The molecule has 11 heteroatoms. The molecule has 0 saturated carbocycles. The van der Waals surface area contributed by atoms with Gasteiger partial charge in [-0.05, 0) is 42.5 Å². The number of nitrogens with one attached hydrogen (secondary N) is 1. The van der Waals surface area contributed by atoms with E-state index in [4.69, 9.17) is 4.74 Å². The Morgan fingerprint density at radius 2 is 1.97 bits per heavy atom. The fraction of sp³-hybridized carbons (Fsp3) is 0.167. The Morgan fingerprint density at radius 3 is 2.77 bits per heavy atom. The molecule has 4 aromatic rings. The minimum atomic E-state index is -4.49. The summed E-state index contributed by atoms with van der Waals surface area (Å²) in [4.78, 5) is 25.3. The number of halogens is 2. The summed E-state index contributed by atoms with van der Waals surface area (Å²) in [7, 11) is -4.49. The molecule has 0 bridgehead atoms. The molecule has 0 fully saturated rings. The molecule has 4 heterocycles. The summed E-state index contributed by atoms with van der Waals surface area (Å²) >= 11 is 0. The van der Waals surface area contributed by atoms with E-state index in [1.54, 1.807) is 18.5 Å². The number of hydrogen-bond acceptors (Lipinski definition) is 7. The van der Waals surface area contributed by atoms with Crippen molar-refractivity contribution in [3.8, 4) is 11.4 Å². The lowest BCUT2D eigenvalue weighted by atomic mass is 10.1. The number of benzene rings is 1. The number of sulfone groups is 1. The number of nitrogens with zero attached hydrogens (tertiary/aromatic N) is 3. The molecule has 1 aliphatic heterocycles. The van der Waals surface area contributed by atoms with Gasteiger partial charge < -0.3 is 10.1 Å². The Balaban J connectivity index is 1.38. The Hall–Kier alpha value is -3.83. The molecule has 1 atom stereocenters. The van der Waals surface area contributed by atoms with Crippen molar-refractivity contribution < 1.29 is 26.7 Å². The normalized spacial score (nSPS) is 16.9. The van der Waals surface area contributed by atoms with E-state index in [9.17, 15) is 22.0 Å². The smallest absolute Gasteiger partial charge is 0.251 e. The summed E-state index contributed by atoms with van der Waals surface area (Å²) in [5.74, 6) is -1.69. The number of carbonyl (C=O) groups is 1. The molecule has 0 saturated heterocycles. The second-order valence-corrected chi connectivity index (χ2v) is 9.91. The van der Waals surface area contributed by atoms with Gasteiger partial charge in [-0.15, -0.1) is 0 Å². The molecule has 35 heavy (non-hydrogen) atoms. The number of fused-ring (bicyclic) bond motifs is 2. The van der Waals surface area contributed by atoms with Gasteiger partial charge in [-0.25, -0.2) is 22.2 Å². The summed E-state index contributed by atoms with van der Waals surface area (Å²) in [6.45, 7) is -1.14. The minimum absolute atomic E-state index is 0.0232. The lowest BCUT2D eigenvalue weighted by Gasteiger charge is -2.11. The molecule has 1 amide bonds. The number of carbonyl (C=O) groups excluding carboxylic acids is 1. The maximum atomic E-state index is 14.6. The van der Waals surface area contributed by atoms with Crippen molar-refractivity contribution in [1.29, 1.82) is 0 Å². The van der Waals surface area contributed by atoms with Gasteiger partial charge in [0.25, 0.3) is 5.91 Å². The topological polar surface area (TPSA) is 111 Å². The first-order valence-electron chi connectivity index (χ1n) is 10.6. The van der Waals surface area contributed by atoms with E-state index in [2.05, 4.69) is 20.3 Å². The van der Waals surface area contributed by atoms with E-state index < -0.39 is 45.2 Å². The van der Waals surface area contributed by atoms with Crippen LogP contribution < -0.4 is 5.32 Å². The molecule has 178 valence electrons. The van der Waals surface area contributed by atoms with Gasteiger partial charge in [0.15, 0.2) is 0 Å². The number of ether oxygens (including phenoxy) is 1. The molecule has 0 unspecified atom stereocenters. The van der Waals surface area contributed by atoms with Crippen molar-refractivity contribution in [1.82, 2.24) is 20.3 Å².